The maximum atomic E-state index is 12.7. The number of nitrogens with one attached hydrogen (secondary N) is 1. The number of carbonyl (C=O) groups excluding carboxylic acids is 1. The molecule has 2 unspecified atom stereocenters. The molecule has 10 nitrogen and oxygen atoms in total. The van der Waals surface area contributed by atoms with E-state index in [0.29, 0.717) is 43.5 Å². The molecular formula is C25H30F3N7O3. The number of amides is 1. The van der Waals surface area contributed by atoms with Crippen molar-refractivity contribution in [1.29, 1.82) is 5.26 Å². The van der Waals surface area contributed by atoms with Gasteiger partial charge in [0.25, 0.3) is 5.56 Å². The van der Waals surface area contributed by atoms with Crippen molar-refractivity contribution in [3.05, 3.63) is 46.0 Å². The summed E-state index contributed by atoms with van der Waals surface area (Å²) in [5, 5.41) is 14.1. The first-order valence-electron chi connectivity index (χ1n) is 12.5. The third-order valence-electron chi connectivity index (χ3n) is 7.13. The Bertz CT molecular complexity index is 1190. The lowest BCUT2D eigenvalue weighted by molar-refractivity contribution is -0.138. The third-order valence-corrected chi connectivity index (χ3v) is 7.13. The fourth-order valence-electron chi connectivity index (χ4n) is 5.23. The van der Waals surface area contributed by atoms with Crippen LogP contribution in [0.2, 0.25) is 0 Å². The lowest BCUT2D eigenvalue weighted by atomic mass is 10.0. The van der Waals surface area contributed by atoms with E-state index in [1.165, 1.54) is 0 Å². The molecule has 3 aliphatic rings. The minimum atomic E-state index is -4.64. The number of fused-ring (bicyclic) bond motifs is 1. The van der Waals surface area contributed by atoms with Gasteiger partial charge in [0.2, 0.25) is 5.91 Å². The lowest BCUT2D eigenvalue weighted by Gasteiger charge is -2.22. The predicted molar refractivity (Wildman–Crippen MR) is 133 cm³/mol. The van der Waals surface area contributed by atoms with Crippen LogP contribution in [-0.2, 0) is 15.7 Å². The van der Waals surface area contributed by atoms with Crippen LogP contribution < -0.4 is 15.4 Å². The maximum Gasteiger partial charge on any atom is 0.423 e. The highest BCUT2D eigenvalue weighted by Gasteiger charge is 2.42. The van der Waals surface area contributed by atoms with Gasteiger partial charge in [0.1, 0.15) is 17.5 Å². The number of hydrogen-bond acceptors (Lipinski definition) is 8. The van der Waals surface area contributed by atoms with Crippen LogP contribution in [0.4, 0.5) is 24.7 Å². The van der Waals surface area contributed by atoms with Crippen molar-refractivity contribution in [3.63, 3.8) is 0 Å². The molecule has 204 valence electrons. The molecule has 38 heavy (non-hydrogen) atoms. The van der Waals surface area contributed by atoms with E-state index in [1.54, 1.807) is 24.3 Å². The first-order valence-corrected chi connectivity index (χ1v) is 12.5. The maximum absolute atomic E-state index is 12.7. The highest BCUT2D eigenvalue weighted by Crippen LogP contribution is 2.35. The number of ether oxygens (including phenoxy) is 1. The Hall–Kier alpha value is -3.66. The Morgan fingerprint density at radius 3 is 2.37 bits per heavy atom. The predicted octanol–water partition coefficient (Wildman–Crippen LogP) is 2.27. The summed E-state index contributed by atoms with van der Waals surface area (Å²) >= 11 is 0. The normalized spacial score (nSPS) is 20.7. The highest BCUT2D eigenvalue weighted by molar-refractivity contribution is 5.76. The Morgan fingerprint density at radius 2 is 1.82 bits per heavy atom. The number of hydrogen-bond donors (Lipinski definition) is 1. The number of rotatable bonds is 5. The van der Waals surface area contributed by atoms with Crippen molar-refractivity contribution in [2.75, 3.05) is 62.8 Å². The molecule has 2 aromatic rings. The zero-order chi connectivity index (χ0) is 27.3. The minimum absolute atomic E-state index is 0.117. The van der Waals surface area contributed by atoms with Crippen LogP contribution in [-0.4, -0.2) is 79.0 Å². The summed E-state index contributed by atoms with van der Waals surface area (Å²) in [6.07, 6.45) is 0.180. The molecule has 0 saturated carbocycles. The first kappa shape index (κ1) is 27.4. The van der Waals surface area contributed by atoms with Gasteiger partial charge >= 0.3 is 6.18 Å². The average molecular weight is 534 g/mol. The molecule has 13 heteroatoms. The first-order chi connectivity index (χ1) is 18.2. The van der Waals surface area contributed by atoms with E-state index in [0.717, 1.165) is 51.0 Å². The standard InChI is InChI=1S/C16H20N4O2.C9H10F3N3O/c1-22-5-4-16(21)20-10-13-8-19(9-14(13)11-20)15-3-2-12(6-17)7-18-15;10-9(11,12)7-6(5-13-14-8(7)16)15-3-1-2-4-15/h2-3,7,13-14H,4-5,8-11H2,1H3;5H,1-4H2,(H,14,16). The molecule has 2 aromatic heterocycles. The zero-order valence-corrected chi connectivity index (χ0v) is 21.1. The van der Waals surface area contributed by atoms with E-state index in [9.17, 15) is 22.8 Å². The van der Waals surface area contributed by atoms with Crippen molar-refractivity contribution in [3.8, 4) is 6.07 Å². The molecule has 1 amide bonds. The topological polar surface area (TPSA) is 118 Å². The van der Waals surface area contributed by atoms with E-state index in [-0.39, 0.29) is 11.6 Å². The molecule has 3 fully saturated rings. The monoisotopic (exact) mass is 533 g/mol. The van der Waals surface area contributed by atoms with Crippen molar-refractivity contribution >= 4 is 17.4 Å². The molecule has 0 spiro atoms. The van der Waals surface area contributed by atoms with Crippen LogP contribution in [0, 0.1) is 23.2 Å². The molecule has 3 saturated heterocycles. The quantitative estimate of drug-likeness (QED) is 0.622. The number of aromatic nitrogens is 3. The van der Waals surface area contributed by atoms with Crippen molar-refractivity contribution < 1.29 is 22.7 Å². The smallest absolute Gasteiger partial charge is 0.384 e. The second-order valence-electron chi connectivity index (χ2n) is 9.63. The number of alkyl halides is 3. The van der Waals surface area contributed by atoms with Gasteiger partial charge in [0.05, 0.1) is 30.5 Å². The Kier molecular flexibility index (Phi) is 8.51. The summed E-state index contributed by atoms with van der Waals surface area (Å²) < 4.78 is 43.0. The fraction of sp³-hybridized carbons (Fsp3) is 0.560. The van der Waals surface area contributed by atoms with Crippen LogP contribution in [0.1, 0.15) is 30.4 Å². The second kappa shape index (κ2) is 11.8. The molecule has 3 aliphatic heterocycles. The molecular weight excluding hydrogens is 503 g/mol. The number of nitrogens with zero attached hydrogens (tertiary/aromatic N) is 6. The van der Waals surface area contributed by atoms with Crippen LogP contribution in [0.25, 0.3) is 0 Å². The SMILES string of the molecule is COCCC(=O)N1CC2CN(c3ccc(C#N)cn3)CC2C1.O=c1[nH]ncc(N2CCCC2)c1C(F)(F)F. The van der Waals surface area contributed by atoms with Crippen LogP contribution in [0.15, 0.2) is 29.3 Å². The van der Waals surface area contributed by atoms with Crippen LogP contribution in [0.5, 0.6) is 0 Å². The van der Waals surface area contributed by atoms with Crippen molar-refractivity contribution in [1.82, 2.24) is 20.1 Å². The number of pyridine rings is 1. The fourth-order valence-corrected chi connectivity index (χ4v) is 5.23. The molecule has 2 atom stereocenters. The van der Waals surface area contributed by atoms with Crippen molar-refractivity contribution in [2.45, 2.75) is 25.4 Å². The van der Waals surface area contributed by atoms with Gasteiger partial charge in [0, 0.05) is 64.4 Å². The molecule has 1 N–H and O–H groups in total. The molecule has 5 rings (SSSR count). The Balaban J connectivity index is 0.000000186. The van der Waals surface area contributed by atoms with Gasteiger partial charge in [0.15, 0.2) is 0 Å². The third kappa shape index (κ3) is 6.24. The zero-order valence-electron chi connectivity index (χ0n) is 21.1. The summed E-state index contributed by atoms with van der Waals surface area (Å²) in [4.78, 5) is 33.4. The molecule has 0 radical (unpaired) electrons. The minimum Gasteiger partial charge on any atom is -0.384 e. The number of carbonyl (C=O) groups is 1. The van der Waals surface area contributed by atoms with Gasteiger partial charge in [-0.2, -0.15) is 23.5 Å². The average Bonchev–Trinajstić information content (AvgIpc) is 3.64. The Morgan fingerprint density at radius 1 is 1.13 bits per heavy atom. The van der Waals surface area contributed by atoms with Gasteiger partial charge in [-0.15, -0.1) is 0 Å². The number of halogens is 3. The summed E-state index contributed by atoms with van der Waals surface area (Å²) in [5.74, 6) is 2.15. The van der Waals surface area contributed by atoms with Crippen LogP contribution in [0.3, 0.4) is 0 Å². The summed E-state index contributed by atoms with van der Waals surface area (Å²) in [7, 11) is 1.62. The highest BCUT2D eigenvalue weighted by atomic mass is 19.4. The summed E-state index contributed by atoms with van der Waals surface area (Å²) in [6, 6.07) is 5.79. The summed E-state index contributed by atoms with van der Waals surface area (Å²) in [6.45, 7) is 5.09. The lowest BCUT2D eigenvalue weighted by Crippen LogP contribution is -2.33. The second-order valence-corrected chi connectivity index (χ2v) is 9.63. The van der Waals surface area contributed by atoms with Gasteiger partial charge in [-0.1, -0.05) is 0 Å². The number of nitriles is 1. The largest absolute Gasteiger partial charge is 0.423 e. The van der Waals surface area contributed by atoms with E-state index >= 15 is 0 Å². The summed E-state index contributed by atoms with van der Waals surface area (Å²) in [5.41, 5.74) is -1.87. The molecule has 0 bridgehead atoms. The van der Waals surface area contributed by atoms with E-state index in [2.05, 4.69) is 21.1 Å². The van der Waals surface area contributed by atoms with Gasteiger partial charge in [-0.25, -0.2) is 10.1 Å². The number of aromatic amines is 1. The van der Waals surface area contributed by atoms with Gasteiger partial charge in [-0.05, 0) is 25.0 Å². The molecule has 0 aromatic carbocycles. The molecule has 0 aliphatic carbocycles. The van der Waals surface area contributed by atoms with Gasteiger partial charge in [-0.3, -0.25) is 9.59 Å². The van der Waals surface area contributed by atoms with Gasteiger partial charge < -0.3 is 19.4 Å². The number of methoxy groups -OCH3 is 1. The van der Waals surface area contributed by atoms with E-state index in [4.69, 9.17) is 10.00 Å². The van der Waals surface area contributed by atoms with Crippen LogP contribution >= 0.6 is 0 Å². The van der Waals surface area contributed by atoms with Crippen molar-refractivity contribution in [2.24, 2.45) is 11.8 Å². The Labute approximate surface area is 218 Å². The van der Waals surface area contributed by atoms with E-state index in [1.807, 2.05) is 16.1 Å². The number of H-pyrrole nitrogens is 1. The number of likely N-dealkylation sites (tertiary alicyclic amines) is 1. The van der Waals surface area contributed by atoms with E-state index < -0.39 is 17.3 Å². The molecule has 5 heterocycles. The number of anilines is 2.